The number of carboxylic acids is 1. The average molecular weight is 1470 g/mol. The maximum atomic E-state index is 13.0. The number of carboxylic acid groups (broad SMARTS) is 1. The number of rotatable bonds is 85. The Bertz CT molecular complexity index is 2060. The van der Waals surface area contributed by atoms with Crippen LogP contribution in [0.15, 0.2) is 97.2 Å². The Labute approximate surface area is 652 Å². The van der Waals surface area contributed by atoms with Crippen LogP contribution < -0.4 is 0 Å². The second-order valence-corrected chi connectivity index (χ2v) is 31.9. The van der Waals surface area contributed by atoms with E-state index in [0.717, 1.165) is 83.5 Å². The van der Waals surface area contributed by atoms with Crippen LogP contribution in [0, 0.1) is 0 Å². The molecule has 0 saturated carbocycles. The summed E-state index contributed by atoms with van der Waals surface area (Å²) in [6, 6.07) is 0. The van der Waals surface area contributed by atoms with Gasteiger partial charge >= 0.3 is 17.9 Å². The molecule has 0 rings (SSSR count). The number of likely N-dealkylation sites (N-methyl/N-ethyl adjacent to an activating group) is 1. The topological polar surface area (TPSA) is 108 Å². The maximum Gasteiger partial charge on any atom is 0.361 e. The number of carbonyl (C=O) groups is 3. The number of esters is 2. The molecule has 2 atom stereocenters. The standard InChI is InChI=1S/C96H173NO8/c1-6-8-10-12-14-16-18-20-22-24-26-28-30-32-34-36-38-40-42-44-46-47-49-51-53-55-57-59-61-63-65-67-69-71-73-75-77-79-81-83-85-87-94(99)105-92(91-104-96(95(100)101)102-89-88-97(3,4)5)90-103-93(98)86-84-82-80-78-76-74-72-70-68-66-64-62-60-58-56-54-52-50-48-45-43-41-39-37-35-33-31-29-27-25-23-21-19-17-15-13-11-9-7-2/h8,10,14,16,19-22,25-28,31-34,92,96H,6-7,9,11-13,15,17-18,23-24,29-30,35-91H2,1-5H3/p+1/b10-8-,16-14-,21-19-,22-20-,27-25-,28-26-,33-31-,34-32-. The van der Waals surface area contributed by atoms with Gasteiger partial charge < -0.3 is 28.5 Å². The molecule has 0 aromatic heterocycles. The van der Waals surface area contributed by atoms with Crippen LogP contribution in [0.3, 0.4) is 0 Å². The van der Waals surface area contributed by atoms with E-state index in [1.54, 1.807) is 0 Å². The first-order chi connectivity index (χ1) is 51.6. The lowest BCUT2D eigenvalue weighted by Gasteiger charge is -2.25. The summed E-state index contributed by atoms with van der Waals surface area (Å²) in [5.41, 5.74) is 0. The lowest BCUT2D eigenvalue weighted by Crippen LogP contribution is -2.40. The minimum atomic E-state index is -1.51. The van der Waals surface area contributed by atoms with Gasteiger partial charge in [0, 0.05) is 12.8 Å². The summed E-state index contributed by atoms with van der Waals surface area (Å²) < 4.78 is 23.1. The molecule has 2 unspecified atom stereocenters. The number of quaternary nitrogens is 1. The fourth-order valence-corrected chi connectivity index (χ4v) is 13.5. The molecule has 0 bridgehead atoms. The molecule has 0 aliphatic heterocycles. The summed E-state index contributed by atoms with van der Waals surface area (Å²) in [5.74, 6) is -1.97. The van der Waals surface area contributed by atoms with Crippen molar-refractivity contribution in [2.24, 2.45) is 0 Å². The number of unbranched alkanes of at least 4 members (excludes halogenated alkanes) is 54. The first-order valence-corrected chi connectivity index (χ1v) is 45.4. The smallest absolute Gasteiger partial charge is 0.361 e. The van der Waals surface area contributed by atoms with Crippen LogP contribution in [0.5, 0.6) is 0 Å². The fourth-order valence-electron chi connectivity index (χ4n) is 13.5. The zero-order valence-electron chi connectivity index (χ0n) is 70.1. The lowest BCUT2D eigenvalue weighted by molar-refractivity contribution is -0.870. The van der Waals surface area contributed by atoms with Gasteiger partial charge in [-0.25, -0.2) is 4.79 Å². The van der Waals surface area contributed by atoms with Crippen LogP contribution in [-0.4, -0.2) is 87.4 Å². The maximum absolute atomic E-state index is 13.0. The van der Waals surface area contributed by atoms with Gasteiger partial charge in [0.25, 0.3) is 6.29 Å². The molecule has 105 heavy (non-hydrogen) atoms. The highest BCUT2D eigenvalue weighted by Gasteiger charge is 2.25. The van der Waals surface area contributed by atoms with E-state index in [-0.39, 0.29) is 38.2 Å². The van der Waals surface area contributed by atoms with Gasteiger partial charge in [-0.15, -0.1) is 0 Å². The second kappa shape index (κ2) is 85.8. The summed E-state index contributed by atoms with van der Waals surface area (Å²) in [7, 11) is 6.00. The van der Waals surface area contributed by atoms with E-state index in [9.17, 15) is 19.5 Å². The Hall–Kier alpha value is -3.79. The van der Waals surface area contributed by atoms with Crippen molar-refractivity contribution in [3.05, 3.63) is 97.2 Å². The van der Waals surface area contributed by atoms with Gasteiger partial charge in [-0.3, -0.25) is 9.59 Å². The first-order valence-electron chi connectivity index (χ1n) is 45.4. The summed E-state index contributed by atoms with van der Waals surface area (Å²) in [4.78, 5) is 37.8. The molecule has 0 radical (unpaired) electrons. The number of aliphatic carboxylic acids is 1. The van der Waals surface area contributed by atoms with E-state index >= 15 is 0 Å². The van der Waals surface area contributed by atoms with Crippen molar-refractivity contribution in [3.63, 3.8) is 0 Å². The van der Waals surface area contributed by atoms with Crippen molar-refractivity contribution in [3.8, 4) is 0 Å². The van der Waals surface area contributed by atoms with E-state index in [0.29, 0.717) is 17.4 Å². The number of carbonyl (C=O) groups excluding carboxylic acids is 2. The monoisotopic (exact) mass is 1470 g/mol. The van der Waals surface area contributed by atoms with Gasteiger partial charge in [0.15, 0.2) is 6.10 Å². The predicted octanol–water partition coefficient (Wildman–Crippen LogP) is 29.8. The van der Waals surface area contributed by atoms with Crippen LogP contribution in [0.2, 0.25) is 0 Å². The largest absolute Gasteiger partial charge is 0.477 e. The first kappa shape index (κ1) is 101. The summed E-state index contributed by atoms with van der Waals surface area (Å²) in [5, 5.41) is 9.80. The third kappa shape index (κ3) is 87.3. The number of hydrogen-bond donors (Lipinski definition) is 1. The fraction of sp³-hybridized carbons (Fsp3) is 0.802. The molecular formula is C96H174NO8+. The molecule has 0 aliphatic rings. The highest BCUT2D eigenvalue weighted by atomic mass is 16.7. The SMILES string of the molecule is CC/C=C\C/C=C\C/C=C\C/C=C\C/C=C\CCCCCCCCCCCCCCCCCCCCCCCCCCCC(=O)OC(COC(=O)CCCCCCCCCCCCCCCCCCCCCCCCCC/C=C\C/C=C\C/C=C\CCCCCCC)COC(OCC[N+](C)(C)C)C(=O)O. The minimum Gasteiger partial charge on any atom is -0.477 e. The lowest BCUT2D eigenvalue weighted by atomic mass is 10.0. The number of allylic oxidation sites excluding steroid dienone is 16. The van der Waals surface area contributed by atoms with Gasteiger partial charge in [0.1, 0.15) is 13.2 Å². The van der Waals surface area contributed by atoms with Crippen LogP contribution in [-0.2, 0) is 33.3 Å². The normalized spacial score (nSPS) is 13.0. The average Bonchev–Trinajstić information content (AvgIpc) is 1.18. The Morgan fingerprint density at radius 2 is 0.543 bits per heavy atom. The highest BCUT2D eigenvalue weighted by molar-refractivity contribution is 5.71. The summed E-state index contributed by atoms with van der Waals surface area (Å²) >= 11 is 0. The van der Waals surface area contributed by atoms with Gasteiger partial charge in [0.2, 0.25) is 0 Å². The van der Waals surface area contributed by atoms with Crippen LogP contribution in [0.4, 0.5) is 0 Å². The third-order valence-corrected chi connectivity index (χ3v) is 20.3. The van der Waals surface area contributed by atoms with Gasteiger partial charge in [0.05, 0.1) is 34.4 Å². The Morgan fingerprint density at radius 1 is 0.295 bits per heavy atom. The van der Waals surface area contributed by atoms with E-state index in [2.05, 4.69) is 111 Å². The zero-order chi connectivity index (χ0) is 76.0. The van der Waals surface area contributed by atoms with Gasteiger partial charge in [-0.1, -0.05) is 426 Å². The van der Waals surface area contributed by atoms with Crippen molar-refractivity contribution < 1.29 is 42.9 Å². The number of nitrogens with zero attached hydrogens (tertiary/aromatic N) is 1. The van der Waals surface area contributed by atoms with Crippen molar-refractivity contribution in [2.45, 2.75) is 450 Å². The van der Waals surface area contributed by atoms with Crippen LogP contribution >= 0.6 is 0 Å². The zero-order valence-corrected chi connectivity index (χ0v) is 70.1. The molecule has 9 heteroatoms. The summed E-state index contributed by atoms with van der Waals surface area (Å²) in [6.45, 7) is 4.82. The molecule has 0 aliphatic carbocycles. The van der Waals surface area contributed by atoms with E-state index in [1.165, 1.54) is 327 Å². The number of hydrogen-bond acceptors (Lipinski definition) is 7. The van der Waals surface area contributed by atoms with E-state index in [4.69, 9.17) is 18.9 Å². The molecule has 0 fully saturated rings. The molecule has 1 N–H and O–H groups in total. The predicted molar refractivity (Wildman–Crippen MR) is 456 cm³/mol. The Kier molecular flexibility index (Phi) is 82.7. The molecular weight excluding hydrogens is 1300 g/mol. The van der Waals surface area contributed by atoms with Crippen molar-refractivity contribution in [2.75, 3.05) is 47.5 Å². The molecule has 610 valence electrons. The Morgan fingerprint density at radius 3 is 0.810 bits per heavy atom. The molecule has 9 nitrogen and oxygen atoms in total. The molecule has 0 spiro atoms. The van der Waals surface area contributed by atoms with Crippen molar-refractivity contribution >= 4 is 17.9 Å². The molecule has 0 aromatic carbocycles. The molecule has 0 amide bonds. The highest BCUT2D eigenvalue weighted by Crippen LogP contribution is 2.20. The summed E-state index contributed by atoms with van der Waals surface area (Å²) in [6.07, 6.45) is 118. The van der Waals surface area contributed by atoms with Gasteiger partial charge in [-0.2, -0.15) is 0 Å². The van der Waals surface area contributed by atoms with E-state index < -0.39 is 18.4 Å². The molecule has 0 saturated heterocycles. The van der Waals surface area contributed by atoms with Crippen molar-refractivity contribution in [1.82, 2.24) is 0 Å². The second-order valence-electron chi connectivity index (χ2n) is 31.9. The van der Waals surface area contributed by atoms with Gasteiger partial charge in [-0.05, 0) is 96.3 Å². The quantitative estimate of drug-likeness (QED) is 0.0211. The third-order valence-electron chi connectivity index (χ3n) is 20.3. The van der Waals surface area contributed by atoms with E-state index in [1.807, 2.05) is 21.1 Å². The molecule has 0 heterocycles. The molecule has 0 aromatic rings. The minimum absolute atomic E-state index is 0.178. The Balaban J connectivity index is 3.91. The van der Waals surface area contributed by atoms with Crippen LogP contribution in [0.25, 0.3) is 0 Å². The number of ether oxygens (including phenoxy) is 4. The van der Waals surface area contributed by atoms with Crippen LogP contribution in [0.1, 0.15) is 438 Å². The van der Waals surface area contributed by atoms with Crippen molar-refractivity contribution in [1.29, 1.82) is 0 Å².